The molecule has 4 rings (SSSR count). The summed E-state index contributed by atoms with van der Waals surface area (Å²) in [6.07, 6.45) is 11.7. The standard InChI is InChI=1S/C26H42N6O3/c1-2-35-25(34)12-11-24(33)32-18-8-10-22(20-32)31-17-7-9-21(19-31)28-26-27-14-13-23(29-26)30-15-5-3-4-6-16-30/h13-14,21-22H,2-12,15-20H2,1H3,(H,27,28,29). The van der Waals surface area contributed by atoms with Crippen molar-refractivity contribution in [3.05, 3.63) is 12.3 Å². The molecule has 194 valence electrons. The minimum atomic E-state index is -0.290. The van der Waals surface area contributed by atoms with Crippen molar-refractivity contribution in [3.63, 3.8) is 0 Å². The highest BCUT2D eigenvalue weighted by Crippen LogP contribution is 2.23. The zero-order valence-electron chi connectivity index (χ0n) is 21.3. The molecule has 2 atom stereocenters. The van der Waals surface area contributed by atoms with Gasteiger partial charge in [0.05, 0.1) is 13.0 Å². The van der Waals surface area contributed by atoms with Gasteiger partial charge in [0.2, 0.25) is 11.9 Å². The predicted molar refractivity (Wildman–Crippen MR) is 136 cm³/mol. The molecule has 0 saturated carbocycles. The van der Waals surface area contributed by atoms with Crippen LogP contribution in [0.25, 0.3) is 0 Å². The molecular weight excluding hydrogens is 444 g/mol. The fourth-order valence-electron chi connectivity index (χ4n) is 5.61. The molecule has 0 spiro atoms. The molecule has 2 unspecified atom stereocenters. The number of ether oxygens (including phenoxy) is 1. The summed E-state index contributed by atoms with van der Waals surface area (Å²) >= 11 is 0. The Hall–Kier alpha value is -2.42. The lowest BCUT2D eigenvalue weighted by molar-refractivity contribution is -0.146. The summed E-state index contributed by atoms with van der Waals surface area (Å²) in [5.74, 6) is 1.52. The van der Waals surface area contributed by atoms with Crippen molar-refractivity contribution in [1.82, 2.24) is 19.8 Å². The third-order valence-corrected chi connectivity index (χ3v) is 7.47. The number of likely N-dealkylation sites (tertiary alicyclic amines) is 2. The molecule has 0 radical (unpaired) electrons. The molecule has 4 heterocycles. The summed E-state index contributed by atoms with van der Waals surface area (Å²) in [6.45, 7) is 7.81. The first-order valence-corrected chi connectivity index (χ1v) is 13.6. The van der Waals surface area contributed by atoms with E-state index >= 15 is 0 Å². The molecule has 1 amide bonds. The minimum Gasteiger partial charge on any atom is -0.466 e. The highest BCUT2D eigenvalue weighted by Gasteiger charge is 2.31. The van der Waals surface area contributed by atoms with E-state index in [1.165, 1.54) is 25.7 Å². The van der Waals surface area contributed by atoms with Gasteiger partial charge in [0.1, 0.15) is 5.82 Å². The average molecular weight is 487 g/mol. The van der Waals surface area contributed by atoms with Crippen LogP contribution in [0.4, 0.5) is 11.8 Å². The molecule has 9 heteroatoms. The van der Waals surface area contributed by atoms with Crippen LogP contribution in [0.3, 0.4) is 0 Å². The number of nitrogens with zero attached hydrogens (tertiary/aromatic N) is 5. The first-order chi connectivity index (χ1) is 17.1. The maximum absolute atomic E-state index is 12.7. The topological polar surface area (TPSA) is 90.9 Å². The predicted octanol–water partition coefficient (Wildman–Crippen LogP) is 3.07. The fourth-order valence-corrected chi connectivity index (χ4v) is 5.61. The molecule has 3 saturated heterocycles. The van der Waals surface area contributed by atoms with Crippen LogP contribution in [0.1, 0.15) is 71.1 Å². The van der Waals surface area contributed by atoms with Crippen molar-refractivity contribution in [2.75, 3.05) is 56.1 Å². The Morgan fingerprint density at radius 3 is 2.60 bits per heavy atom. The van der Waals surface area contributed by atoms with Crippen LogP contribution in [0.2, 0.25) is 0 Å². The number of carbonyl (C=O) groups is 2. The lowest BCUT2D eigenvalue weighted by atomic mass is 9.98. The van der Waals surface area contributed by atoms with Crippen LogP contribution in [0.15, 0.2) is 12.3 Å². The summed E-state index contributed by atoms with van der Waals surface area (Å²) in [4.78, 5) is 40.6. The van der Waals surface area contributed by atoms with Gasteiger partial charge in [-0.25, -0.2) is 4.98 Å². The van der Waals surface area contributed by atoms with E-state index in [-0.39, 0.29) is 24.7 Å². The number of carbonyl (C=O) groups excluding carboxylic acids is 2. The minimum absolute atomic E-state index is 0.0631. The van der Waals surface area contributed by atoms with E-state index in [2.05, 4.69) is 20.1 Å². The molecular formula is C26H42N6O3. The summed E-state index contributed by atoms with van der Waals surface area (Å²) in [7, 11) is 0. The first kappa shape index (κ1) is 25.7. The number of aromatic nitrogens is 2. The number of hydrogen-bond acceptors (Lipinski definition) is 8. The summed E-state index contributed by atoms with van der Waals surface area (Å²) < 4.78 is 4.97. The van der Waals surface area contributed by atoms with Crippen molar-refractivity contribution in [2.24, 2.45) is 0 Å². The Labute approximate surface area is 209 Å². The number of nitrogens with one attached hydrogen (secondary N) is 1. The van der Waals surface area contributed by atoms with Crippen LogP contribution in [0, 0.1) is 0 Å². The van der Waals surface area contributed by atoms with Crippen LogP contribution < -0.4 is 10.2 Å². The molecule has 0 bridgehead atoms. The van der Waals surface area contributed by atoms with Crippen LogP contribution in [-0.4, -0.2) is 89.6 Å². The van der Waals surface area contributed by atoms with Crippen molar-refractivity contribution >= 4 is 23.6 Å². The Bertz CT molecular complexity index is 829. The third-order valence-electron chi connectivity index (χ3n) is 7.47. The highest BCUT2D eigenvalue weighted by atomic mass is 16.5. The van der Waals surface area contributed by atoms with E-state index in [1.54, 1.807) is 6.92 Å². The summed E-state index contributed by atoms with van der Waals surface area (Å²) in [6, 6.07) is 2.70. The number of piperidine rings is 2. The van der Waals surface area contributed by atoms with Crippen LogP contribution >= 0.6 is 0 Å². The van der Waals surface area contributed by atoms with Gasteiger partial charge in [-0.15, -0.1) is 0 Å². The largest absolute Gasteiger partial charge is 0.466 e. The molecule has 1 aromatic rings. The lowest BCUT2D eigenvalue weighted by Crippen LogP contribution is -2.54. The monoisotopic (exact) mass is 486 g/mol. The second-order valence-electron chi connectivity index (χ2n) is 10.1. The average Bonchev–Trinajstić information content (AvgIpc) is 3.18. The smallest absolute Gasteiger partial charge is 0.306 e. The van der Waals surface area contributed by atoms with Gasteiger partial charge < -0.3 is 19.9 Å². The number of anilines is 2. The summed E-state index contributed by atoms with van der Waals surface area (Å²) in [5.41, 5.74) is 0. The van der Waals surface area contributed by atoms with E-state index in [1.807, 2.05) is 17.2 Å². The van der Waals surface area contributed by atoms with Gasteiger partial charge in [-0.2, -0.15) is 4.98 Å². The zero-order chi connectivity index (χ0) is 24.5. The van der Waals surface area contributed by atoms with E-state index in [4.69, 9.17) is 9.72 Å². The molecule has 3 aliphatic heterocycles. The maximum atomic E-state index is 12.7. The van der Waals surface area contributed by atoms with Gasteiger partial charge in [-0.3, -0.25) is 14.5 Å². The molecule has 0 aliphatic carbocycles. The molecule has 3 fully saturated rings. The van der Waals surface area contributed by atoms with Crippen molar-refractivity contribution < 1.29 is 14.3 Å². The van der Waals surface area contributed by atoms with Gasteiger partial charge >= 0.3 is 5.97 Å². The maximum Gasteiger partial charge on any atom is 0.306 e. The molecule has 9 nitrogen and oxygen atoms in total. The van der Waals surface area contributed by atoms with Gasteiger partial charge in [0.25, 0.3) is 0 Å². The van der Waals surface area contributed by atoms with E-state index in [0.29, 0.717) is 18.7 Å². The normalized spacial score (nSPS) is 24.0. The SMILES string of the molecule is CCOC(=O)CCC(=O)N1CCCC(N2CCCC(Nc3nccc(N4CCCCCC4)n3)C2)C1. The van der Waals surface area contributed by atoms with Crippen LogP contribution in [0.5, 0.6) is 0 Å². The van der Waals surface area contributed by atoms with E-state index in [0.717, 1.165) is 76.7 Å². The van der Waals surface area contributed by atoms with E-state index in [9.17, 15) is 9.59 Å². The molecule has 35 heavy (non-hydrogen) atoms. The fraction of sp³-hybridized carbons (Fsp3) is 0.769. The number of amides is 1. The molecule has 3 aliphatic rings. The van der Waals surface area contributed by atoms with Gasteiger partial charge in [0, 0.05) is 57.4 Å². The van der Waals surface area contributed by atoms with Crippen molar-refractivity contribution in [1.29, 1.82) is 0 Å². The van der Waals surface area contributed by atoms with Crippen molar-refractivity contribution in [2.45, 2.75) is 83.2 Å². The van der Waals surface area contributed by atoms with Crippen LogP contribution in [-0.2, 0) is 14.3 Å². The molecule has 0 aromatic carbocycles. The Morgan fingerprint density at radius 2 is 1.80 bits per heavy atom. The molecule has 1 aromatic heterocycles. The third kappa shape index (κ3) is 7.53. The second-order valence-corrected chi connectivity index (χ2v) is 10.1. The molecule has 1 N–H and O–H groups in total. The quantitative estimate of drug-likeness (QED) is 0.561. The Morgan fingerprint density at radius 1 is 1.00 bits per heavy atom. The van der Waals surface area contributed by atoms with Gasteiger partial charge in [0.15, 0.2) is 0 Å². The number of hydrogen-bond donors (Lipinski definition) is 1. The number of esters is 1. The number of rotatable bonds is 8. The van der Waals surface area contributed by atoms with Gasteiger partial charge in [-0.05, 0) is 58.1 Å². The Balaban J connectivity index is 1.29. The summed E-state index contributed by atoms with van der Waals surface area (Å²) in [5, 5.41) is 3.60. The zero-order valence-corrected chi connectivity index (χ0v) is 21.3. The lowest BCUT2D eigenvalue weighted by Gasteiger charge is -2.43. The highest BCUT2D eigenvalue weighted by molar-refractivity contribution is 5.81. The Kier molecular flexibility index (Phi) is 9.57. The van der Waals surface area contributed by atoms with Gasteiger partial charge in [-0.1, -0.05) is 12.8 Å². The van der Waals surface area contributed by atoms with Crippen molar-refractivity contribution in [3.8, 4) is 0 Å². The first-order valence-electron chi connectivity index (χ1n) is 13.6. The van der Waals surface area contributed by atoms with E-state index < -0.39 is 0 Å². The second kappa shape index (κ2) is 13.0.